The number of rotatable bonds is 31. The van der Waals surface area contributed by atoms with E-state index in [0.29, 0.717) is 50.7 Å². The van der Waals surface area contributed by atoms with E-state index in [1.54, 1.807) is 19.2 Å². The van der Waals surface area contributed by atoms with E-state index in [9.17, 15) is 14.7 Å². The van der Waals surface area contributed by atoms with Crippen molar-refractivity contribution < 1.29 is 70.0 Å². The summed E-state index contributed by atoms with van der Waals surface area (Å²) in [5, 5.41) is 11.5. The summed E-state index contributed by atoms with van der Waals surface area (Å²) in [5.41, 5.74) is 2.51. The van der Waals surface area contributed by atoms with Gasteiger partial charge in [-0.1, -0.05) is 160 Å². The molecule has 4 aliphatic rings. The fourth-order valence-electron chi connectivity index (χ4n) is 12.3. The molecule has 20 heteroatoms. The highest BCUT2D eigenvalue weighted by atomic mass is 28.4. The maximum atomic E-state index is 14.3. The van der Waals surface area contributed by atoms with Crippen LogP contribution < -0.4 is 0 Å². The van der Waals surface area contributed by atoms with E-state index in [2.05, 4.69) is 196 Å². The highest BCUT2D eigenvalue weighted by Gasteiger charge is 2.58. The molecule has 97 heavy (non-hydrogen) atoms. The van der Waals surface area contributed by atoms with Crippen LogP contribution >= 0.6 is 0 Å². The smallest absolute Gasteiger partial charge is 0.338 e. The SMILES string of the molecule is C=CCC1O[C@@H](C(/C=C/C(O)CCC2CC(=C)[C@H](CCC3CC(C)C(=C)C(C[C@@H]4OC(CC(CO[Si](C)(C)C(C)(C)C)O[Si](C)(C)C(C)(C)C)[C@H](OC)C4CC(=O)OC)O3)O2)O[Si](C)(C)C(C)(C)C)C(O[Si](C)(C)C(C)(C)C)C(O[Si](C)(C)C(C)(C)C)C1OC(=O)c1ccccc1. The molecule has 0 amide bonds. The summed E-state index contributed by atoms with van der Waals surface area (Å²) in [6.07, 6.45) is 4.17. The van der Waals surface area contributed by atoms with Crippen LogP contribution in [0.25, 0.3) is 0 Å². The Morgan fingerprint density at radius 2 is 1.18 bits per heavy atom. The van der Waals surface area contributed by atoms with E-state index >= 15 is 0 Å². The third-order valence-corrected chi connectivity index (χ3v) is 46.4. The zero-order valence-corrected chi connectivity index (χ0v) is 71.0. The first-order valence-corrected chi connectivity index (χ1v) is 51.0. The van der Waals surface area contributed by atoms with E-state index in [0.717, 1.165) is 30.4 Å². The maximum Gasteiger partial charge on any atom is 0.338 e. The first-order chi connectivity index (χ1) is 44.3. The average Bonchev–Trinajstić information content (AvgIpc) is 1.13. The van der Waals surface area contributed by atoms with Crippen LogP contribution in [0.15, 0.2) is 79.4 Å². The second-order valence-electron chi connectivity index (χ2n) is 36.5. The normalized spacial score (nSPS) is 28.8. The molecule has 0 radical (unpaired) electrons. The number of aliphatic hydroxyl groups excluding tert-OH is 1. The predicted molar refractivity (Wildman–Crippen MR) is 407 cm³/mol. The largest absolute Gasteiger partial charge is 0.469 e. The number of hydrogen-bond acceptors (Lipinski definition) is 15. The molecule has 4 fully saturated rings. The Morgan fingerprint density at radius 3 is 1.71 bits per heavy atom. The highest BCUT2D eigenvalue weighted by molar-refractivity contribution is 6.76. The van der Waals surface area contributed by atoms with Crippen molar-refractivity contribution in [2.45, 2.75) is 357 Å². The number of benzene rings is 1. The van der Waals surface area contributed by atoms with Crippen molar-refractivity contribution in [1.82, 2.24) is 0 Å². The van der Waals surface area contributed by atoms with Crippen molar-refractivity contribution in [2.75, 3.05) is 20.8 Å². The molecular weight excluding hydrogens is 1310 g/mol. The Kier molecular flexibility index (Phi) is 29.7. The van der Waals surface area contributed by atoms with E-state index in [1.807, 2.05) is 36.4 Å². The molecule has 15 nitrogen and oxygen atoms in total. The van der Waals surface area contributed by atoms with Gasteiger partial charge in [-0.3, -0.25) is 4.79 Å². The molecule has 17 atom stereocenters. The van der Waals surface area contributed by atoms with E-state index < -0.39 is 90.3 Å². The van der Waals surface area contributed by atoms with Gasteiger partial charge in [-0.25, -0.2) is 4.79 Å². The van der Waals surface area contributed by atoms with Gasteiger partial charge in [-0.2, -0.15) is 0 Å². The minimum atomic E-state index is -2.65. The predicted octanol–water partition coefficient (Wildman–Crippen LogP) is 18.4. The number of ether oxygens (including phenoxy) is 7. The number of esters is 2. The minimum Gasteiger partial charge on any atom is -0.469 e. The lowest BCUT2D eigenvalue weighted by atomic mass is 9.82. The Bertz CT molecular complexity index is 2750. The molecule has 4 saturated heterocycles. The van der Waals surface area contributed by atoms with Gasteiger partial charge in [-0.15, -0.1) is 6.58 Å². The lowest BCUT2D eigenvalue weighted by Gasteiger charge is -2.54. The van der Waals surface area contributed by atoms with Crippen LogP contribution in [0.3, 0.4) is 0 Å². The van der Waals surface area contributed by atoms with Gasteiger partial charge in [0.25, 0.3) is 0 Å². The Morgan fingerprint density at radius 1 is 0.629 bits per heavy atom. The average molecular weight is 1440 g/mol. The third-order valence-electron chi connectivity index (χ3n) is 23.9. The van der Waals surface area contributed by atoms with Crippen molar-refractivity contribution in [3.8, 4) is 0 Å². The van der Waals surface area contributed by atoms with Gasteiger partial charge in [0.2, 0.25) is 0 Å². The zero-order chi connectivity index (χ0) is 73.6. The Hall–Kier alpha value is -2.24. The summed E-state index contributed by atoms with van der Waals surface area (Å²) >= 11 is 0. The second kappa shape index (κ2) is 33.7. The van der Waals surface area contributed by atoms with E-state index in [-0.39, 0.29) is 98.2 Å². The summed E-state index contributed by atoms with van der Waals surface area (Å²) in [4.78, 5) is 27.5. The first-order valence-electron chi connectivity index (χ1n) is 36.5. The lowest BCUT2D eigenvalue weighted by Crippen LogP contribution is -2.68. The number of carbonyl (C=O) groups excluding carboxylic acids is 2. The van der Waals surface area contributed by atoms with Crippen LogP contribution in [0.4, 0.5) is 0 Å². The Balaban J connectivity index is 1.36. The molecule has 0 saturated carbocycles. The molecule has 556 valence electrons. The van der Waals surface area contributed by atoms with Gasteiger partial charge in [-0.05, 0) is 165 Å². The summed E-state index contributed by atoms with van der Waals surface area (Å²) in [7, 11) is -9.10. The number of carbonyl (C=O) groups is 2. The minimum absolute atomic E-state index is 0.0189. The fourth-order valence-corrected chi connectivity index (χ4v) is 18.5. The molecule has 1 N–H and O–H groups in total. The van der Waals surface area contributed by atoms with Crippen molar-refractivity contribution in [3.05, 3.63) is 85.0 Å². The molecule has 1 aromatic carbocycles. The van der Waals surface area contributed by atoms with Crippen LogP contribution in [0.2, 0.25) is 90.7 Å². The van der Waals surface area contributed by atoms with Gasteiger partial charge in [0.15, 0.2) is 47.7 Å². The van der Waals surface area contributed by atoms with Crippen molar-refractivity contribution in [2.24, 2.45) is 11.8 Å². The molecule has 5 rings (SSSR count). The molecule has 0 bridgehead atoms. The standard InChI is InChI=1S/C77H138O15Si5/c1-32-36-61-68(88-72(80)54-37-34-33-35-38-54)70(91-96(28,29)76(14,15)16)71(92-97(30,31)77(17,18)19)69(87-61)62(90-95(26,27)75(11,12)13)43-40-55(78)39-41-56-46-52(3)60(84-56)44-42-57-45-51(2)53(4)63(85-57)49-64-59(48-66(79)81-20)67(82-21)65(86-64)47-58(89-94(24,25)74(8,9)10)50-83-93(22,23)73(5,6)7/h32-35,37-38,40,43,51,55-65,67-71,78H,1,3-4,36,39,41-42,44-50H2,2,5-31H3/b43-40+/t51?,55?,56?,57?,58?,59?,60-,61?,62?,63?,64-,65?,67+,68?,69-,70?,71?/m0/s1. The summed E-state index contributed by atoms with van der Waals surface area (Å²) in [5.74, 6) is -0.855. The van der Waals surface area contributed by atoms with Crippen LogP contribution in [0.5, 0.6) is 0 Å². The molecular formula is C77H138O15Si5. The quantitative estimate of drug-likeness (QED) is 0.0424. The van der Waals surface area contributed by atoms with Gasteiger partial charge < -0.3 is 60.4 Å². The van der Waals surface area contributed by atoms with Crippen LogP contribution in [-0.2, 0) is 60.1 Å². The summed E-state index contributed by atoms with van der Waals surface area (Å²) < 4.78 is 83.4. The summed E-state index contributed by atoms with van der Waals surface area (Å²) in [6, 6.07) is 9.08. The number of methoxy groups -OCH3 is 2. The van der Waals surface area contributed by atoms with Gasteiger partial charge >= 0.3 is 11.9 Å². The zero-order valence-electron chi connectivity index (χ0n) is 66.0. The third kappa shape index (κ3) is 22.6. The van der Waals surface area contributed by atoms with Gasteiger partial charge in [0.05, 0.1) is 86.7 Å². The maximum absolute atomic E-state index is 14.3. The van der Waals surface area contributed by atoms with Crippen molar-refractivity contribution >= 4 is 53.5 Å². The van der Waals surface area contributed by atoms with Crippen LogP contribution in [-0.4, -0.2) is 171 Å². The van der Waals surface area contributed by atoms with Crippen LogP contribution in [0.1, 0.15) is 185 Å². The molecule has 13 unspecified atom stereocenters. The molecule has 4 aliphatic heterocycles. The Labute approximate surface area is 595 Å². The first kappa shape index (κ1) is 85.4. The topological polar surface area (TPSA) is 165 Å². The lowest BCUT2D eigenvalue weighted by molar-refractivity contribution is -0.227. The molecule has 4 heterocycles. The molecule has 1 aromatic rings. The van der Waals surface area contributed by atoms with Gasteiger partial charge in [0, 0.05) is 25.9 Å². The monoisotopic (exact) mass is 1440 g/mol. The number of aliphatic hydroxyl groups is 1. The molecule has 0 aromatic heterocycles. The molecule has 0 spiro atoms. The fraction of sp³-hybridized carbons (Fsp3) is 0.792. The van der Waals surface area contributed by atoms with Crippen molar-refractivity contribution in [3.63, 3.8) is 0 Å². The molecule has 0 aliphatic carbocycles. The summed E-state index contributed by atoms with van der Waals surface area (Å²) in [6.45, 7) is 72.0. The van der Waals surface area contributed by atoms with Gasteiger partial charge in [0.1, 0.15) is 24.4 Å². The van der Waals surface area contributed by atoms with Crippen LogP contribution in [0, 0.1) is 11.8 Å². The highest BCUT2D eigenvalue weighted by Crippen LogP contribution is 2.49. The van der Waals surface area contributed by atoms with Crippen molar-refractivity contribution in [1.29, 1.82) is 0 Å². The van der Waals surface area contributed by atoms with E-state index in [4.69, 9.17) is 55.3 Å². The number of hydrogen-bond donors (Lipinski definition) is 1. The van der Waals surface area contributed by atoms with E-state index in [1.165, 1.54) is 7.11 Å². The second-order valence-corrected chi connectivity index (χ2v) is 60.3.